The van der Waals surface area contributed by atoms with Gasteiger partial charge in [-0.15, -0.1) is 0 Å². The normalized spacial score (nSPS) is 19.6. The number of likely N-dealkylation sites (tertiary alicyclic amines) is 1. The summed E-state index contributed by atoms with van der Waals surface area (Å²) in [5.74, 6) is 0.874. The van der Waals surface area contributed by atoms with Crippen molar-refractivity contribution in [1.29, 1.82) is 0 Å². The number of Topliss-reactive ketones (excluding diaryl/α,β-unsaturated/α-hetero) is 1. The van der Waals surface area contributed by atoms with E-state index in [9.17, 15) is 9.59 Å². The summed E-state index contributed by atoms with van der Waals surface area (Å²) in [6, 6.07) is -0.357. The van der Waals surface area contributed by atoms with Gasteiger partial charge in [-0.25, -0.2) is 0 Å². The Hall–Kier alpha value is -0.900. The minimum absolute atomic E-state index is 0.0295. The van der Waals surface area contributed by atoms with E-state index in [1.54, 1.807) is 6.92 Å². The minimum atomic E-state index is -0.357. The molecule has 0 spiro atoms. The van der Waals surface area contributed by atoms with E-state index in [1.807, 2.05) is 13.8 Å². The summed E-state index contributed by atoms with van der Waals surface area (Å²) in [7, 11) is 0. The fourth-order valence-corrected chi connectivity index (χ4v) is 3.12. The Morgan fingerprint density at radius 1 is 1.19 bits per heavy atom. The van der Waals surface area contributed by atoms with Crippen LogP contribution in [0.2, 0.25) is 0 Å². The number of rotatable bonds is 5. The van der Waals surface area contributed by atoms with Crippen LogP contribution < -0.4 is 5.32 Å². The Balaban J connectivity index is 2.42. The Morgan fingerprint density at radius 3 is 2.10 bits per heavy atom. The number of hydrogen-bond acceptors (Lipinski definition) is 3. The first-order valence-corrected chi connectivity index (χ1v) is 8.13. The van der Waals surface area contributed by atoms with Crippen molar-refractivity contribution < 1.29 is 9.59 Å². The zero-order valence-corrected chi connectivity index (χ0v) is 14.5. The zero-order chi connectivity index (χ0) is 16.2. The SMILES string of the molecule is CC(=O)C(NC(=O)CN1CCC(C(C)(C)C)CC1)C(C)C. The molecule has 1 amide bonds. The molecule has 1 aliphatic heterocycles. The van der Waals surface area contributed by atoms with Gasteiger partial charge in [0.25, 0.3) is 0 Å². The molecular formula is C17H32N2O2. The molecule has 1 aliphatic rings. The van der Waals surface area contributed by atoms with Crippen LogP contribution in [0.3, 0.4) is 0 Å². The molecule has 1 unspecified atom stereocenters. The highest BCUT2D eigenvalue weighted by molar-refractivity contribution is 5.88. The average molecular weight is 296 g/mol. The lowest BCUT2D eigenvalue weighted by molar-refractivity contribution is -0.128. The molecule has 0 aliphatic carbocycles. The molecule has 4 nitrogen and oxygen atoms in total. The van der Waals surface area contributed by atoms with Crippen molar-refractivity contribution in [2.24, 2.45) is 17.3 Å². The van der Waals surface area contributed by atoms with E-state index in [1.165, 1.54) is 0 Å². The minimum Gasteiger partial charge on any atom is -0.345 e. The quantitative estimate of drug-likeness (QED) is 0.848. The van der Waals surface area contributed by atoms with Gasteiger partial charge in [0.1, 0.15) is 0 Å². The van der Waals surface area contributed by atoms with Crippen LogP contribution in [0.5, 0.6) is 0 Å². The van der Waals surface area contributed by atoms with Gasteiger partial charge < -0.3 is 5.32 Å². The molecule has 122 valence electrons. The molecule has 0 aromatic carbocycles. The largest absolute Gasteiger partial charge is 0.345 e. The highest BCUT2D eigenvalue weighted by atomic mass is 16.2. The van der Waals surface area contributed by atoms with Gasteiger partial charge in [0.05, 0.1) is 12.6 Å². The zero-order valence-electron chi connectivity index (χ0n) is 14.5. The Bertz CT molecular complexity index is 363. The lowest BCUT2D eigenvalue weighted by Gasteiger charge is -2.38. The second kappa shape index (κ2) is 7.39. The van der Waals surface area contributed by atoms with Crippen LogP contribution in [0.25, 0.3) is 0 Å². The van der Waals surface area contributed by atoms with Crippen molar-refractivity contribution in [3.05, 3.63) is 0 Å². The summed E-state index contributed by atoms with van der Waals surface area (Å²) in [6.45, 7) is 14.7. The first-order chi connectivity index (χ1) is 9.61. The van der Waals surface area contributed by atoms with Crippen molar-refractivity contribution in [3.8, 4) is 0 Å². The molecule has 1 atom stereocenters. The number of ketones is 1. The smallest absolute Gasteiger partial charge is 0.234 e. The van der Waals surface area contributed by atoms with Gasteiger partial charge in [0.15, 0.2) is 5.78 Å². The third-order valence-electron chi connectivity index (χ3n) is 4.60. The van der Waals surface area contributed by atoms with E-state index in [-0.39, 0.29) is 23.7 Å². The highest BCUT2D eigenvalue weighted by Gasteiger charge is 2.29. The topological polar surface area (TPSA) is 49.4 Å². The number of nitrogens with zero attached hydrogens (tertiary/aromatic N) is 1. The van der Waals surface area contributed by atoms with E-state index in [4.69, 9.17) is 0 Å². The van der Waals surface area contributed by atoms with Gasteiger partial charge in [-0.1, -0.05) is 34.6 Å². The summed E-state index contributed by atoms with van der Waals surface area (Å²) < 4.78 is 0. The standard InChI is InChI=1S/C17H32N2O2/c1-12(2)16(13(3)20)18-15(21)11-19-9-7-14(8-10-19)17(4,5)6/h12,14,16H,7-11H2,1-6H3,(H,18,21). The number of piperidine rings is 1. The summed E-state index contributed by atoms with van der Waals surface area (Å²) in [5, 5.41) is 2.87. The third kappa shape index (κ3) is 5.77. The van der Waals surface area contributed by atoms with Gasteiger partial charge in [-0.05, 0) is 50.1 Å². The molecule has 21 heavy (non-hydrogen) atoms. The monoisotopic (exact) mass is 296 g/mol. The number of carbonyl (C=O) groups is 2. The lowest BCUT2D eigenvalue weighted by atomic mass is 9.75. The molecule has 1 fully saturated rings. The predicted octanol–water partition coefficient (Wildman–Crippen LogP) is 2.47. The molecule has 1 rings (SSSR count). The maximum absolute atomic E-state index is 12.1. The Morgan fingerprint density at radius 2 is 1.71 bits per heavy atom. The van der Waals surface area contributed by atoms with Gasteiger partial charge >= 0.3 is 0 Å². The van der Waals surface area contributed by atoms with E-state index < -0.39 is 0 Å². The van der Waals surface area contributed by atoms with Crippen molar-refractivity contribution in [2.75, 3.05) is 19.6 Å². The van der Waals surface area contributed by atoms with Gasteiger partial charge in [-0.2, -0.15) is 0 Å². The molecule has 1 N–H and O–H groups in total. The molecule has 0 saturated carbocycles. The first kappa shape index (κ1) is 18.1. The molecular weight excluding hydrogens is 264 g/mol. The molecule has 0 aromatic heterocycles. The van der Waals surface area contributed by atoms with Crippen LogP contribution in [0.1, 0.15) is 54.4 Å². The van der Waals surface area contributed by atoms with Crippen molar-refractivity contribution in [2.45, 2.75) is 60.4 Å². The van der Waals surface area contributed by atoms with Gasteiger partial charge in [-0.3, -0.25) is 14.5 Å². The second-order valence-electron chi connectivity index (χ2n) is 7.82. The van der Waals surface area contributed by atoms with E-state index in [2.05, 4.69) is 31.0 Å². The summed E-state index contributed by atoms with van der Waals surface area (Å²) in [5.41, 5.74) is 0.353. The molecule has 1 saturated heterocycles. The Labute approximate surface area is 129 Å². The number of hydrogen-bond donors (Lipinski definition) is 1. The van der Waals surface area contributed by atoms with E-state index >= 15 is 0 Å². The Kier molecular flexibility index (Phi) is 6.39. The number of carbonyl (C=O) groups excluding carboxylic acids is 2. The summed E-state index contributed by atoms with van der Waals surface area (Å²) in [6.07, 6.45) is 2.30. The fourth-order valence-electron chi connectivity index (χ4n) is 3.12. The van der Waals surface area contributed by atoms with Crippen molar-refractivity contribution >= 4 is 11.7 Å². The fraction of sp³-hybridized carbons (Fsp3) is 0.882. The van der Waals surface area contributed by atoms with Gasteiger partial charge in [0.2, 0.25) is 5.91 Å². The third-order valence-corrected chi connectivity index (χ3v) is 4.60. The molecule has 0 aromatic rings. The van der Waals surface area contributed by atoms with E-state index in [0.717, 1.165) is 31.8 Å². The van der Waals surface area contributed by atoms with Crippen LogP contribution in [0, 0.1) is 17.3 Å². The van der Waals surface area contributed by atoms with Crippen LogP contribution >= 0.6 is 0 Å². The van der Waals surface area contributed by atoms with Crippen LogP contribution in [-0.2, 0) is 9.59 Å². The first-order valence-electron chi connectivity index (χ1n) is 8.13. The van der Waals surface area contributed by atoms with E-state index in [0.29, 0.717) is 12.0 Å². The van der Waals surface area contributed by atoms with Crippen molar-refractivity contribution in [3.63, 3.8) is 0 Å². The second-order valence-corrected chi connectivity index (χ2v) is 7.82. The van der Waals surface area contributed by atoms with Crippen LogP contribution in [0.15, 0.2) is 0 Å². The molecule has 0 bridgehead atoms. The van der Waals surface area contributed by atoms with Gasteiger partial charge in [0, 0.05) is 0 Å². The summed E-state index contributed by atoms with van der Waals surface area (Å²) in [4.78, 5) is 25.8. The number of nitrogens with one attached hydrogen (secondary N) is 1. The average Bonchev–Trinajstić information content (AvgIpc) is 2.34. The molecule has 4 heteroatoms. The maximum Gasteiger partial charge on any atom is 0.234 e. The van der Waals surface area contributed by atoms with Crippen LogP contribution in [0.4, 0.5) is 0 Å². The van der Waals surface area contributed by atoms with Crippen molar-refractivity contribution in [1.82, 2.24) is 10.2 Å². The predicted molar refractivity (Wildman–Crippen MR) is 86.1 cm³/mol. The molecule has 0 radical (unpaired) electrons. The maximum atomic E-state index is 12.1. The number of amides is 1. The van der Waals surface area contributed by atoms with Crippen LogP contribution in [-0.4, -0.2) is 42.3 Å². The highest BCUT2D eigenvalue weighted by Crippen LogP contribution is 2.34. The lowest BCUT2D eigenvalue weighted by Crippen LogP contribution is -2.49. The summed E-state index contributed by atoms with van der Waals surface area (Å²) >= 11 is 0. The molecule has 1 heterocycles.